The van der Waals surface area contributed by atoms with Gasteiger partial charge in [-0.05, 0) is 6.42 Å². The summed E-state index contributed by atoms with van der Waals surface area (Å²) in [5.74, 6) is -2.96. The van der Waals surface area contributed by atoms with E-state index in [0.717, 1.165) is 0 Å². The lowest BCUT2D eigenvalue weighted by atomic mass is 10.1. The fourth-order valence-electron chi connectivity index (χ4n) is 0.892. The zero-order valence-electron chi connectivity index (χ0n) is 8.23. The highest BCUT2D eigenvalue weighted by Crippen LogP contribution is 1.97. The van der Waals surface area contributed by atoms with E-state index in [1.165, 1.54) is 7.11 Å². The van der Waals surface area contributed by atoms with E-state index in [1.54, 1.807) is 0 Å². The van der Waals surface area contributed by atoms with Gasteiger partial charge in [-0.1, -0.05) is 0 Å². The summed E-state index contributed by atoms with van der Waals surface area (Å²) < 4.78 is 4.49. The average Bonchev–Trinajstić information content (AvgIpc) is 2.11. The van der Waals surface area contributed by atoms with E-state index in [2.05, 4.69) is 10.1 Å². The molecule has 7 nitrogen and oxygen atoms in total. The molecule has 0 aliphatic rings. The number of carbonyl (C=O) groups excluding carboxylic acids is 1. The van der Waals surface area contributed by atoms with Crippen molar-refractivity contribution in [2.75, 3.05) is 13.7 Å². The number of ether oxygens (including phenoxy) is 1. The number of amides is 1. The van der Waals surface area contributed by atoms with E-state index in [-0.39, 0.29) is 19.4 Å². The molecule has 0 saturated heterocycles. The van der Waals surface area contributed by atoms with Crippen molar-refractivity contribution in [1.82, 2.24) is 5.32 Å². The van der Waals surface area contributed by atoms with Crippen molar-refractivity contribution in [2.24, 2.45) is 0 Å². The summed E-state index contributed by atoms with van der Waals surface area (Å²) in [7, 11) is 1.30. The van der Waals surface area contributed by atoms with Crippen molar-refractivity contribution in [2.45, 2.75) is 18.9 Å². The fraction of sp³-hybridized carbons (Fsp3) is 0.625. The third-order valence-electron chi connectivity index (χ3n) is 1.56. The highest BCUT2D eigenvalue weighted by atomic mass is 16.5. The second-order valence-corrected chi connectivity index (χ2v) is 2.82. The largest absolute Gasteiger partial charge is 0.481 e. The summed E-state index contributed by atoms with van der Waals surface area (Å²) in [6.07, 6.45) is -0.468. The molecule has 0 unspecified atom stereocenters. The molecule has 0 aromatic heterocycles. The molecule has 1 atom stereocenters. The first-order valence-corrected chi connectivity index (χ1v) is 4.20. The van der Waals surface area contributed by atoms with Gasteiger partial charge in [-0.15, -0.1) is 0 Å². The SMILES string of the molecule is COCC(=O)N[C@H](CCC(=O)O)C(=O)O. The molecular weight excluding hydrogens is 206 g/mol. The topological polar surface area (TPSA) is 113 Å². The van der Waals surface area contributed by atoms with Crippen molar-refractivity contribution in [3.8, 4) is 0 Å². The van der Waals surface area contributed by atoms with Crippen molar-refractivity contribution >= 4 is 17.8 Å². The Balaban J connectivity index is 4.10. The van der Waals surface area contributed by atoms with Crippen LogP contribution in [0.2, 0.25) is 0 Å². The molecule has 0 aliphatic heterocycles. The molecule has 0 heterocycles. The molecule has 0 aliphatic carbocycles. The summed E-state index contributed by atoms with van der Waals surface area (Å²) in [6, 6.07) is -1.19. The Hall–Kier alpha value is -1.63. The predicted octanol–water partition coefficient (Wildman–Crippen LogP) is -0.933. The van der Waals surface area contributed by atoms with Gasteiger partial charge in [0, 0.05) is 13.5 Å². The molecule has 86 valence electrons. The van der Waals surface area contributed by atoms with Crippen LogP contribution in [0.15, 0.2) is 0 Å². The number of hydrogen-bond acceptors (Lipinski definition) is 4. The molecule has 0 radical (unpaired) electrons. The molecular formula is C8H13NO6. The number of hydrogen-bond donors (Lipinski definition) is 3. The van der Waals surface area contributed by atoms with Crippen LogP contribution in [0.4, 0.5) is 0 Å². The maximum Gasteiger partial charge on any atom is 0.326 e. The lowest BCUT2D eigenvalue weighted by molar-refractivity contribution is -0.143. The number of nitrogens with one attached hydrogen (secondary N) is 1. The first kappa shape index (κ1) is 13.4. The lowest BCUT2D eigenvalue weighted by Gasteiger charge is -2.12. The number of carbonyl (C=O) groups is 3. The minimum Gasteiger partial charge on any atom is -0.481 e. The Labute approximate surface area is 86.0 Å². The van der Waals surface area contributed by atoms with Crippen molar-refractivity contribution < 1.29 is 29.3 Å². The summed E-state index contributed by atoms with van der Waals surface area (Å²) in [5, 5.41) is 19.2. The third-order valence-corrected chi connectivity index (χ3v) is 1.56. The Morgan fingerprint density at radius 3 is 2.33 bits per heavy atom. The summed E-state index contributed by atoms with van der Waals surface area (Å²) >= 11 is 0. The van der Waals surface area contributed by atoms with E-state index in [4.69, 9.17) is 10.2 Å². The molecule has 3 N–H and O–H groups in total. The smallest absolute Gasteiger partial charge is 0.326 e. The van der Waals surface area contributed by atoms with Gasteiger partial charge < -0.3 is 20.3 Å². The van der Waals surface area contributed by atoms with Crippen LogP contribution in [0.5, 0.6) is 0 Å². The predicted molar refractivity (Wildman–Crippen MR) is 48.3 cm³/mol. The van der Waals surface area contributed by atoms with Crippen molar-refractivity contribution in [3.63, 3.8) is 0 Å². The van der Waals surface area contributed by atoms with Gasteiger partial charge >= 0.3 is 11.9 Å². The van der Waals surface area contributed by atoms with Crippen molar-refractivity contribution in [1.29, 1.82) is 0 Å². The highest BCUT2D eigenvalue weighted by molar-refractivity contribution is 5.84. The molecule has 7 heteroatoms. The van der Waals surface area contributed by atoms with Crippen LogP contribution in [0.25, 0.3) is 0 Å². The Kier molecular flexibility index (Phi) is 6.03. The second-order valence-electron chi connectivity index (χ2n) is 2.82. The summed E-state index contributed by atoms with van der Waals surface area (Å²) in [6.45, 7) is -0.253. The highest BCUT2D eigenvalue weighted by Gasteiger charge is 2.20. The van der Waals surface area contributed by atoms with E-state index in [0.29, 0.717) is 0 Å². The lowest BCUT2D eigenvalue weighted by Crippen LogP contribution is -2.42. The van der Waals surface area contributed by atoms with E-state index >= 15 is 0 Å². The monoisotopic (exact) mass is 219 g/mol. The van der Waals surface area contributed by atoms with Crippen LogP contribution in [-0.2, 0) is 19.1 Å². The Morgan fingerprint density at radius 2 is 1.93 bits per heavy atom. The maximum atomic E-state index is 11.0. The van der Waals surface area contributed by atoms with Crippen LogP contribution >= 0.6 is 0 Å². The minimum absolute atomic E-state index is 0.153. The molecule has 0 saturated carbocycles. The summed E-state index contributed by atoms with van der Waals surface area (Å²) in [4.78, 5) is 31.8. The van der Waals surface area contributed by atoms with Gasteiger partial charge in [0.1, 0.15) is 12.6 Å². The van der Waals surface area contributed by atoms with E-state index in [1.807, 2.05) is 0 Å². The van der Waals surface area contributed by atoms with Gasteiger partial charge in [0.25, 0.3) is 0 Å². The zero-order chi connectivity index (χ0) is 11.8. The standard InChI is InChI=1S/C8H13NO6/c1-15-4-6(10)9-5(8(13)14)2-3-7(11)12/h5H,2-4H2,1H3,(H,9,10)(H,11,12)(H,13,14)/t5-/m1/s1. The zero-order valence-corrected chi connectivity index (χ0v) is 8.23. The minimum atomic E-state index is -1.26. The first-order chi connectivity index (χ1) is 6.97. The van der Waals surface area contributed by atoms with E-state index in [9.17, 15) is 14.4 Å². The normalized spacial score (nSPS) is 11.8. The van der Waals surface area contributed by atoms with Crippen LogP contribution in [0.1, 0.15) is 12.8 Å². The molecule has 0 rings (SSSR count). The Morgan fingerprint density at radius 1 is 1.33 bits per heavy atom. The van der Waals surface area contributed by atoms with Gasteiger partial charge in [-0.2, -0.15) is 0 Å². The van der Waals surface area contributed by atoms with Crippen LogP contribution in [0.3, 0.4) is 0 Å². The van der Waals surface area contributed by atoms with E-state index < -0.39 is 23.9 Å². The van der Waals surface area contributed by atoms with Crippen LogP contribution in [-0.4, -0.2) is 47.8 Å². The molecule has 0 aromatic carbocycles. The molecule has 0 spiro atoms. The quantitative estimate of drug-likeness (QED) is 0.509. The van der Waals surface area contributed by atoms with Gasteiger partial charge in [0.2, 0.25) is 5.91 Å². The molecule has 0 aromatic rings. The number of methoxy groups -OCH3 is 1. The molecule has 1 amide bonds. The number of aliphatic carboxylic acids is 2. The number of carboxylic acid groups (broad SMARTS) is 2. The number of rotatable bonds is 7. The Bertz CT molecular complexity index is 252. The first-order valence-electron chi connectivity index (χ1n) is 4.20. The summed E-state index contributed by atoms with van der Waals surface area (Å²) in [5.41, 5.74) is 0. The molecule has 15 heavy (non-hydrogen) atoms. The maximum absolute atomic E-state index is 11.0. The van der Waals surface area contributed by atoms with Gasteiger partial charge in [-0.25, -0.2) is 4.79 Å². The van der Waals surface area contributed by atoms with Gasteiger partial charge in [0.05, 0.1) is 0 Å². The van der Waals surface area contributed by atoms with Crippen molar-refractivity contribution in [3.05, 3.63) is 0 Å². The van der Waals surface area contributed by atoms with Crippen LogP contribution < -0.4 is 5.32 Å². The fourth-order valence-corrected chi connectivity index (χ4v) is 0.892. The van der Waals surface area contributed by atoms with Gasteiger partial charge in [-0.3, -0.25) is 9.59 Å². The second kappa shape index (κ2) is 6.77. The average molecular weight is 219 g/mol. The van der Waals surface area contributed by atoms with Crippen LogP contribution in [0, 0.1) is 0 Å². The third kappa shape index (κ3) is 6.44. The molecule has 0 fully saturated rings. The number of carboxylic acids is 2. The molecule has 0 bridgehead atoms. The van der Waals surface area contributed by atoms with Gasteiger partial charge in [0.15, 0.2) is 0 Å².